The molecular formula is C17H13ClF3N5O2. The van der Waals surface area contributed by atoms with Crippen molar-refractivity contribution < 1.29 is 22.7 Å². The Labute approximate surface area is 161 Å². The molecule has 0 aliphatic carbocycles. The van der Waals surface area contributed by atoms with Gasteiger partial charge in [0.05, 0.1) is 11.4 Å². The first-order valence-corrected chi connectivity index (χ1v) is 8.31. The molecule has 11 heteroatoms. The molecule has 3 rings (SSSR count). The number of carbonyl (C=O) groups excluding carboxylic acids is 1. The second-order valence-corrected chi connectivity index (χ2v) is 6.05. The van der Waals surface area contributed by atoms with E-state index < -0.39 is 24.4 Å². The van der Waals surface area contributed by atoms with Gasteiger partial charge in [0.25, 0.3) is 0 Å². The predicted octanol–water partition coefficient (Wildman–Crippen LogP) is 3.04. The quantitative estimate of drug-likeness (QED) is 0.623. The predicted molar refractivity (Wildman–Crippen MR) is 92.4 cm³/mol. The minimum absolute atomic E-state index is 0.0135. The largest absolute Gasteiger partial charge is 0.435 e. The minimum atomic E-state index is -2.93. The van der Waals surface area contributed by atoms with E-state index in [1.807, 2.05) is 0 Å². The van der Waals surface area contributed by atoms with Crippen LogP contribution in [-0.4, -0.2) is 33.1 Å². The van der Waals surface area contributed by atoms with Crippen molar-refractivity contribution in [2.45, 2.75) is 19.1 Å². The van der Waals surface area contributed by atoms with Gasteiger partial charge in [-0.15, -0.1) is 10.2 Å². The van der Waals surface area contributed by atoms with Gasteiger partial charge < -0.3 is 10.1 Å². The van der Waals surface area contributed by atoms with Crippen LogP contribution in [0.15, 0.2) is 42.5 Å². The first-order chi connectivity index (χ1) is 13.4. The lowest BCUT2D eigenvalue weighted by molar-refractivity contribution is -0.121. The number of rotatable bonds is 7. The number of ether oxygens (including phenoxy) is 1. The number of hydrogen-bond donors (Lipinski definition) is 2. The van der Waals surface area contributed by atoms with Gasteiger partial charge >= 0.3 is 6.61 Å². The standard InChI is InChI=1S/C17H13ClF3N5O2/c18-12-6-3-10(8-13(12)19)15(16-23-25-26-24-16)22-14(27)7-9-1-4-11(5-2-9)28-17(20)21/h1-6,8,15,17H,7H2,(H,22,27)(H,23,24,25,26)/t15-/m0/s1. The molecule has 28 heavy (non-hydrogen) atoms. The number of hydrogen-bond acceptors (Lipinski definition) is 5. The molecule has 3 aromatic rings. The van der Waals surface area contributed by atoms with Crippen LogP contribution in [0.5, 0.6) is 5.75 Å². The summed E-state index contributed by atoms with van der Waals surface area (Å²) in [5, 5.41) is 16.0. The third-order valence-electron chi connectivity index (χ3n) is 3.72. The summed E-state index contributed by atoms with van der Waals surface area (Å²) in [4.78, 5) is 12.4. The number of benzene rings is 2. The first-order valence-electron chi connectivity index (χ1n) is 7.94. The van der Waals surface area contributed by atoms with Crippen molar-refractivity contribution in [1.82, 2.24) is 25.9 Å². The van der Waals surface area contributed by atoms with Gasteiger partial charge in [-0.05, 0) is 35.4 Å². The zero-order valence-corrected chi connectivity index (χ0v) is 14.8. The molecule has 0 radical (unpaired) electrons. The van der Waals surface area contributed by atoms with E-state index in [0.717, 1.165) is 0 Å². The van der Waals surface area contributed by atoms with Crippen LogP contribution in [0.1, 0.15) is 23.0 Å². The number of aromatic nitrogens is 4. The Hall–Kier alpha value is -3.14. The molecule has 2 aromatic carbocycles. The van der Waals surface area contributed by atoms with Gasteiger partial charge in [-0.1, -0.05) is 35.0 Å². The van der Waals surface area contributed by atoms with Crippen LogP contribution >= 0.6 is 11.6 Å². The summed E-state index contributed by atoms with van der Waals surface area (Å²) in [6.45, 7) is -2.93. The van der Waals surface area contributed by atoms with E-state index >= 15 is 0 Å². The van der Waals surface area contributed by atoms with Crippen molar-refractivity contribution in [2.75, 3.05) is 0 Å². The minimum Gasteiger partial charge on any atom is -0.435 e. The van der Waals surface area contributed by atoms with Gasteiger partial charge in [0.15, 0.2) is 0 Å². The Bertz CT molecular complexity index is 938. The van der Waals surface area contributed by atoms with E-state index in [2.05, 4.69) is 30.7 Å². The Kier molecular flexibility index (Phi) is 6.09. The monoisotopic (exact) mass is 411 g/mol. The highest BCUT2D eigenvalue weighted by atomic mass is 35.5. The van der Waals surface area contributed by atoms with Crippen molar-refractivity contribution in [3.05, 3.63) is 70.3 Å². The van der Waals surface area contributed by atoms with E-state index in [1.165, 1.54) is 42.5 Å². The summed E-state index contributed by atoms with van der Waals surface area (Å²) in [6.07, 6.45) is -0.0562. The number of H-pyrrole nitrogens is 1. The number of amides is 1. The van der Waals surface area contributed by atoms with Crippen molar-refractivity contribution in [3.63, 3.8) is 0 Å². The molecule has 1 atom stereocenters. The molecule has 146 valence electrons. The average Bonchev–Trinajstić information content (AvgIpc) is 3.18. The third-order valence-corrected chi connectivity index (χ3v) is 4.02. The summed E-state index contributed by atoms with van der Waals surface area (Å²) >= 11 is 5.70. The van der Waals surface area contributed by atoms with Crippen LogP contribution in [0.25, 0.3) is 0 Å². The van der Waals surface area contributed by atoms with Crippen molar-refractivity contribution >= 4 is 17.5 Å². The lowest BCUT2D eigenvalue weighted by Gasteiger charge is -2.16. The second-order valence-electron chi connectivity index (χ2n) is 5.64. The van der Waals surface area contributed by atoms with Crippen LogP contribution in [0.3, 0.4) is 0 Å². The molecule has 0 saturated heterocycles. The molecule has 0 fully saturated rings. The van der Waals surface area contributed by atoms with Crippen molar-refractivity contribution in [2.24, 2.45) is 0 Å². The maximum Gasteiger partial charge on any atom is 0.387 e. The fourth-order valence-corrected chi connectivity index (χ4v) is 2.58. The number of halogens is 4. The summed E-state index contributed by atoms with van der Waals surface area (Å²) < 4.78 is 42.4. The highest BCUT2D eigenvalue weighted by Gasteiger charge is 2.22. The van der Waals surface area contributed by atoms with Gasteiger partial charge in [0, 0.05) is 0 Å². The van der Waals surface area contributed by atoms with Crippen LogP contribution < -0.4 is 10.1 Å². The fraction of sp³-hybridized carbons (Fsp3) is 0.176. The van der Waals surface area contributed by atoms with Crippen LogP contribution in [0, 0.1) is 5.82 Å². The van der Waals surface area contributed by atoms with Crippen molar-refractivity contribution in [3.8, 4) is 5.75 Å². The second kappa shape index (κ2) is 8.70. The molecular weight excluding hydrogens is 399 g/mol. The number of nitrogens with zero attached hydrogens (tertiary/aromatic N) is 3. The first kappa shape index (κ1) is 19.6. The number of alkyl halides is 2. The lowest BCUT2D eigenvalue weighted by Crippen LogP contribution is -2.31. The Morgan fingerprint density at radius 3 is 2.57 bits per heavy atom. The number of nitrogens with one attached hydrogen (secondary N) is 2. The average molecular weight is 412 g/mol. The molecule has 0 saturated carbocycles. The van der Waals surface area contributed by atoms with E-state index in [1.54, 1.807) is 0 Å². The van der Waals surface area contributed by atoms with Crippen LogP contribution in [0.2, 0.25) is 5.02 Å². The lowest BCUT2D eigenvalue weighted by atomic mass is 10.1. The van der Waals surface area contributed by atoms with Gasteiger partial charge in [0.2, 0.25) is 11.7 Å². The van der Waals surface area contributed by atoms with Gasteiger partial charge in [0.1, 0.15) is 17.6 Å². The van der Waals surface area contributed by atoms with Crippen LogP contribution in [-0.2, 0) is 11.2 Å². The Balaban J connectivity index is 1.73. The molecule has 1 amide bonds. The van der Waals surface area contributed by atoms with Crippen molar-refractivity contribution in [1.29, 1.82) is 0 Å². The highest BCUT2D eigenvalue weighted by molar-refractivity contribution is 6.30. The summed E-state index contributed by atoms with van der Waals surface area (Å²) in [5.41, 5.74) is 0.936. The maximum absolute atomic E-state index is 13.8. The number of tetrazole rings is 1. The smallest absolute Gasteiger partial charge is 0.387 e. The Morgan fingerprint density at radius 2 is 1.96 bits per heavy atom. The molecule has 1 aromatic heterocycles. The molecule has 0 aliphatic rings. The Morgan fingerprint density at radius 1 is 1.21 bits per heavy atom. The third kappa shape index (κ3) is 4.97. The van der Waals surface area contributed by atoms with E-state index in [9.17, 15) is 18.0 Å². The van der Waals surface area contributed by atoms with Gasteiger partial charge in [-0.3, -0.25) is 4.79 Å². The summed E-state index contributed by atoms with van der Waals surface area (Å²) in [5.74, 6) is -0.958. The van der Waals surface area contributed by atoms with E-state index in [4.69, 9.17) is 11.6 Å². The zero-order chi connectivity index (χ0) is 20.1. The normalized spacial score (nSPS) is 12.0. The molecule has 0 spiro atoms. The van der Waals surface area contributed by atoms with E-state index in [-0.39, 0.29) is 23.0 Å². The van der Waals surface area contributed by atoms with Gasteiger partial charge in [-0.2, -0.15) is 14.0 Å². The SMILES string of the molecule is O=C(Cc1ccc(OC(F)F)cc1)N[C@@H](c1ccc(Cl)c(F)c1)c1nn[nH]n1. The topological polar surface area (TPSA) is 92.8 Å². The highest BCUT2D eigenvalue weighted by Crippen LogP contribution is 2.23. The molecule has 2 N–H and O–H groups in total. The van der Waals surface area contributed by atoms with Crippen LogP contribution in [0.4, 0.5) is 13.2 Å². The van der Waals surface area contributed by atoms with E-state index in [0.29, 0.717) is 11.1 Å². The zero-order valence-electron chi connectivity index (χ0n) is 14.1. The summed E-state index contributed by atoms with van der Waals surface area (Å²) in [6, 6.07) is 8.83. The summed E-state index contributed by atoms with van der Waals surface area (Å²) in [7, 11) is 0. The number of carbonyl (C=O) groups is 1. The molecule has 0 unspecified atom stereocenters. The number of aromatic amines is 1. The molecule has 0 aliphatic heterocycles. The van der Waals surface area contributed by atoms with Gasteiger partial charge in [-0.25, -0.2) is 4.39 Å². The molecule has 0 bridgehead atoms. The molecule has 7 nitrogen and oxygen atoms in total. The molecule has 1 heterocycles. The maximum atomic E-state index is 13.8. The fourth-order valence-electron chi connectivity index (χ4n) is 2.47.